The summed E-state index contributed by atoms with van der Waals surface area (Å²) in [6, 6.07) is 7.29. The number of benzene rings is 1. The molecule has 0 amide bonds. The SMILES string of the molecule is CCOC(=O)c1ccc(S(=O)(=O)NC(C)c2ccc(Cl)s2)c(Br)c1. The molecule has 24 heavy (non-hydrogen) atoms. The van der Waals surface area contributed by atoms with Crippen molar-refractivity contribution in [2.75, 3.05) is 6.61 Å². The Morgan fingerprint density at radius 1 is 1.38 bits per heavy atom. The Morgan fingerprint density at radius 3 is 2.62 bits per heavy atom. The van der Waals surface area contributed by atoms with Gasteiger partial charge in [-0.05, 0) is 60.1 Å². The molecule has 0 aliphatic heterocycles. The third kappa shape index (κ3) is 4.58. The van der Waals surface area contributed by atoms with Crippen LogP contribution >= 0.6 is 38.9 Å². The molecule has 0 aliphatic carbocycles. The number of ether oxygens (including phenoxy) is 1. The smallest absolute Gasteiger partial charge is 0.338 e. The Hall–Kier alpha value is -0.930. The summed E-state index contributed by atoms with van der Waals surface area (Å²) in [5.41, 5.74) is 0.278. The Morgan fingerprint density at radius 2 is 2.08 bits per heavy atom. The van der Waals surface area contributed by atoms with E-state index in [2.05, 4.69) is 20.7 Å². The third-order valence-electron chi connectivity index (χ3n) is 3.09. The van der Waals surface area contributed by atoms with E-state index in [1.807, 2.05) is 0 Å². The van der Waals surface area contributed by atoms with Gasteiger partial charge in [-0.1, -0.05) is 11.6 Å². The number of sulfonamides is 1. The van der Waals surface area contributed by atoms with Crippen molar-refractivity contribution in [3.63, 3.8) is 0 Å². The van der Waals surface area contributed by atoms with Crippen LogP contribution in [0.5, 0.6) is 0 Å². The van der Waals surface area contributed by atoms with E-state index in [9.17, 15) is 13.2 Å². The summed E-state index contributed by atoms with van der Waals surface area (Å²) in [5.74, 6) is -0.503. The molecule has 0 saturated carbocycles. The van der Waals surface area contributed by atoms with E-state index >= 15 is 0 Å². The molecule has 0 fully saturated rings. The molecule has 1 aromatic carbocycles. The molecular formula is C15H15BrClNO4S2. The molecule has 0 saturated heterocycles. The van der Waals surface area contributed by atoms with Crippen LogP contribution in [0.2, 0.25) is 4.34 Å². The van der Waals surface area contributed by atoms with Crippen molar-refractivity contribution in [2.45, 2.75) is 24.8 Å². The first-order valence-electron chi connectivity index (χ1n) is 6.99. The van der Waals surface area contributed by atoms with Crippen LogP contribution in [0.1, 0.15) is 35.1 Å². The number of hydrogen-bond acceptors (Lipinski definition) is 5. The van der Waals surface area contributed by atoms with Gasteiger partial charge in [0.25, 0.3) is 0 Å². The number of thiophene rings is 1. The van der Waals surface area contributed by atoms with Gasteiger partial charge in [0, 0.05) is 9.35 Å². The lowest BCUT2D eigenvalue weighted by Crippen LogP contribution is -2.26. The zero-order valence-corrected chi connectivity index (χ0v) is 16.9. The lowest BCUT2D eigenvalue weighted by molar-refractivity contribution is 0.0526. The number of nitrogens with one attached hydrogen (secondary N) is 1. The molecule has 2 aromatic rings. The van der Waals surface area contributed by atoms with Crippen LogP contribution in [0, 0.1) is 0 Å². The molecule has 1 aromatic heterocycles. The van der Waals surface area contributed by atoms with Gasteiger partial charge in [-0.2, -0.15) is 0 Å². The van der Waals surface area contributed by atoms with E-state index < -0.39 is 22.0 Å². The lowest BCUT2D eigenvalue weighted by atomic mass is 10.2. The van der Waals surface area contributed by atoms with Crippen LogP contribution in [0.3, 0.4) is 0 Å². The molecule has 2 rings (SSSR count). The van der Waals surface area contributed by atoms with Crippen LogP contribution in [-0.4, -0.2) is 21.0 Å². The molecule has 1 N–H and O–H groups in total. The second-order valence-electron chi connectivity index (χ2n) is 4.85. The van der Waals surface area contributed by atoms with Crippen molar-refractivity contribution in [2.24, 2.45) is 0 Å². The van der Waals surface area contributed by atoms with Crippen molar-refractivity contribution in [1.29, 1.82) is 0 Å². The van der Waals surface area contributed by atoms with Crippen LogP contribution < -0.4 is 4.72 Å². The number of hydrogen-bond donors (Lipinski definition) is 1. The quantitative estimate of drug-likeness (QED) is 0.660. The molecule has 0 radical (unpaired) electrons. The minimum absolute atomic E-state index is 0.0463. The number of esters is 1. The lowest BCUT2D eigenvalue weighted by Gasteiger charge is -2.14. The molecule has 9 heteroatoms. The fourth-order valence-electron chi connectivity index (χ4n) is 1.98. The fourth-order valence-corrected chi connectivity index (χ4v) is 5.41. The van der Waals surface area contributed by atoms with Gasteiger partial charge in [-0.15, -0.1) is 11.3 Å². The van der Waals surface area contributed by atoms with E-state index in [4.69, 9.17) is 16.3 Å². The van der Waals surface area contributed by atoms with Gasteiger partial charge in [0.05, 0.1) is 27.4 Å². The van der Waals surface area contributed by atoms with Gasteiger partial charge in [-0.3, -0.25) is 0 Å². The van der Waals surface area contributed by atoms with Gasteiger partial charge in [0.2, 0.25) is 10.0 Å². The van der Waals surface area contributed by atoms with Crippen molar-refractivity contribution in [1.82, 2.24) is 4.72 Å². The summed E-state index contributed by atoms with van der Waals surface area (Å²) in [4.78, 5) is 12.6. The number of halogens is 2. The standard InChI is InChI=1S/C15H15BrClNO4S2/c1-3-22-15(19)10-4-6-13(11(16)8-10)24(20,21)18-9(2)12-5-7-14(17)23-12/h4-9,18H,3H2,1-2H3. The molecule has 0 spiro atoms. The minimum Gasteiger partial charge on any atom is -0.462 e. The second-order valence-corrected chi connectivity index (χ2v) is 9.13. The van der Waals surface area contributed by atoms with Crippen molar-refractivity contribution in [3.05, 3.63) is 49.6 Å². The minimum atomic E-state index is -3.77. The first-order chi connectivity index (χ1) is 11.2. The predicted molar refractivity (Wildman–Crippen MR) is 98.2 cm³/mol. The second kappa shape index (κ2) is 7.97. The maximum atomic E-state index is 12.6. The molecule has 0 aliphatic rings. The van der Waals surface area contributed by atoms with E-state index in [1.54, 1.807) is 26.0 Å². The predicted octanol–water partition coefficient (Wildman–Crippen LogP) is 4.38. The Labute approximate surface area is 158 Å². The number of rotatable bonds is 6. The first-order valence-corrected chi connectivity index (χ1v) is 10.5. The molecule has 1 atom stereocenters. The summed E-state index contributed by atoms with van der Waals surface area (Å²) in [5, 5.41) is 0. The molecule has 5 nitrogen and oxygen atoms in total. The Balaban J connectivity index is 2.24. The molecule has 0 bridgehead atoms. The largest absolute Gasteiger partial charge is 0.462 e. The Kier molecular flexibility index (Phi) is 6.44. The Bertz CT molecular complexity index is 851. The monoisotopic (exact) mass is 451 g/mol. The van der Waals surface area contributed by atoms with Crippen LogP contribution in [-0.2, 0) is 14.8 Å². The van der Waals surface area contributed by atoms with Crippen LogP contribution in [0.4, 0.5) is 0 Å². The highest BCUT2D eigenvalue weighted by Gasteiger charge is 2.23. The highest BCUT2D eigenvalue weighted by molar-refractivity contribution is 9.10. The van der Waals surface area contributed by atoms with Gasteiger partial charge in [0.15, 0.2) is 0 Å². The van der Waals surface area contributed by atoms with E-state index in [0.29, 0.717) is 4.34 Å². The summed E-state index contributed by atoms with van der Waals surface area (Å²) in [6.07, 6.45) is 0. The summed E-state index contributed by atoms with van der Waals surface area (Å²) < 4.78 is 33.5. The molecule has 1 unspecified atom stereocenters. The first kappa shape index (κ1) is 19.4. The average molecular weight is 453 g/mol. The zero-order chi connectivity index (χ0) is 17.9. The van der Waals surface area contributed by atoms with Crippen molar-refractivity contribution in [3.8, 4) is 0 Å². The van der Waals surface area contributed by atoms with Crippen LogP contribution in [0.25, 0.3) is 0 Å². The van der Waals surface area contributed by atoms with Gasteiger partial charge >= 0.3 is 5.97 Å². The molecule has 1 heterocycles. The average Bonchev–Trinajstić information content (AvgIpc) is 2.93. The van der Waals surface area contributed by atoms with Gasteiger partial charge in [0.1, 0.15) is 0 Å². The summed E-state index contributed by atoms with van der Waals surface area (Å²) in [6.45, 7) is 3.69. The zero-order valence-electron chi connectivity index (χ0n) is 12.9. The highest BCUT2D eigenvalue weighted by Crippen LogP contribution is 2.29. The van der Waals surface area contributed by atoms with Crippen LogP contribution in [0.15, 0.2) is 39.7 Å². The third-order valence-corrected chi connectivity index (χ3v) is 7.02. The molecule has 130 valence electrons. The number of carbonyl (C=O) groups is 1. The highest BCUT2D eigenvalue weighted by atomic mass is 79.9. The van der Waals surface area contributed by atoms with Gasteiger partial charge < -0.3 is 4.74 Å². The van der Waals surface area contributed by atoms with Crippen molar-refractivity contribution >= 4 is 54.9 Å². The van der Waals surface area contributed by atoms with E-state index in [-0.39, 0.29) is 21.5 Å². The normalized spacial score (nSPS) is 12.8. The number of carbonyl (C=O) groups excluding carboxylic acids is 1. The van der Waals surface area contributed by atoms with E-state index in [0.717, 1.165) is 4.88 Å². The fraction of sp³-hybridized carbons (Fsp3) is 0.267. The van der Waals surface area contributed by atoms with E-state index in [1.165, 1.54) is 29.5 Å². The maximum Gasteiger partial charge on any atom is 0.338 e. The summed E-state index contributed by atoms with van der Waals surface area (Å²) in [7, 11) is -3.77. The molecular weight excluding hydrogens is 438 g/mol. The maximum absolute atomic E-state index is 12.6. The summed E-state index contributed by atoms with van der Waals surface area (Å²) >= 11 is 10.4. The van der Waals surface area contributed by atoms with Gasteiger partial charge in [-0.25, -0.2) is 17.9 Å². The van der Waals surface area contributed by atoms with Crippen molar-refractivity contribution < 1.29 is 17.9 Å². The topological polar surface area (TPSA) is 72.5 Å².